The summed E-state index contributed by atoms with van der Waals surface area (Å²) in [7, 11) is 0. The van der Waals surface area contributed by atoms with Crippen molar-refractivity contribution in [3.63, 3.8) is 0 Å². The van der Waals surface area contributed by atoms with Gasteiger partial charge in [0.2, 0.25) is 11.6 Å². The van der Waals surface area contributed by atoms with Gasteiger partial charge in [-0.25, -0.2) is 22.9 Å². The highest BCUT2D eigenvalue weighted by atomic mass is 19.2. The molecule has 1 heterocycles. The molecule has 0 unspecified atom stereocenters. The van der Waals surface area contributed by atoms with Gasteiger partial charge >= 0.3 is 5.97 Å². The first-order valence-corrected chi connectivity index (χ1v) is 7.43. The predicted octanol–water partition coefficient (Wildman–Crippen LogP) is 3.20. The zero-order valence-corrected chi connectivity index (χ0v) is 13.6. The lowest BCUT2D eigenvalue weighted by molar-refractivity contribution is -0.119. The molecule has 5 nitrogen and oxygen atoms in total. The third kappa shape index (κ3) is 3.07. The minimum absolute atomic E-state index is 0.160. The van der Waals surface area contributed by atoms with E-state index >= 15 is 0 Å². The van der Waals surface area contributed by atoms with Gasteiger partial charge in [0.25, 0.3) is 11.8 Å². The van der Waals surface area contributed by atoms with Gasteiger partial charge in [-0.3, -0.25) is 9.59 Å². The summed E-state index contributed by atoms with van der Waals surface area (Å²) < 4.78 is 58.9. The predicted molar refractivity (Wildman–Crippen MR) is 84.0 cm³/mol. The highest BCUT2D eigenvalue weighted by Crippen LogP contribution is 2.30. The molecule has 2 aromatic rings. The molecule has 0 N–H and O–H groups in total. The molecule has 138 valence electrons. The van der Waals surface area contributed by atoms with E-state index in [-0.39, 0.29) is 11.3 Å². The topological polar surface area (TPSA) is 63.7 Å². The van der Waals surface area contributed by atoms with Crippen LogP contribution in [-0.4, -0.2) is 17.8 Å². The fourth-order valence-corrected chi connectivity index (χ4v) is 2.37. The molecule has 9 heteroatoms. The average molecular weight is 379 g/mol. The van der Waals surface area contributed by atoms with Gasteiger partial charge in [0, 0.05) is 17.7 Å². The molecule has 3 rings (SSSR count). The molecule has 1 aliphatic rings. The van der Waals surface area contributed by atoms with Crippen LogP contribution in [0, 0.1) is 30.2 Å². The molecule has 0 bridgehead atoms. The Bertz CT molecular complexity index is 968. The van der Waals surface area contributed by atoms with E-state index in [0.717, 1.165) is 36.1 Å². The standard InChI is InChI=1S/C18H9F4NO4/c1-8-13(19)15(21)16(22)17(14(8)20)27-18(26)9-2-4-10(5-3-9)23-11(24)6-7-12(23)25/h2-7H,1H3. The Morgan fingerprint density at radius 1 is 0.852 bits per heavy atom. The van der Waals surface area contributed by atoms with Gasteiger partial charge in [-0.05, 0) is 31.2 Å². The first kappa shape index (κ1) is 18.3. The lowest BCUT2D eigenvalue weighted by atomic mass is 10.1. The molecule has 2 aromatic carbocycles. The second-order valence-electron chi connectivity index (χ2n) is 5.49. The number of imide groups is 1. The van der Waals surface area contributed by atoms with Gasteiger partial charge in [0.1, 0.15) is 0 Å². The van der Waals surface area contributed by atoms with Crippen molar-refractivity contribution in [3.8, 4) is 5.75 Å². The normalized spacial score (nSPS) is 13.4. The van der Waals surface area contributed by atoms with Crippen LogP contribution in [-0.2, 0) is 9.59 Å². The van der Waals surface area contributed by atoms with Crippen molar-refractivity contribution in [2.24, 2.45) is 0 Å². The lowest BCUT2D eigenvalue weighted by Gasteiger charge is -2.14. The summed E-state index contributed by atoms with van der Waals surface area (Å²) in [5.74, 6) is -11.0. The summed E-state index contributed by atoms with van der Waals surface area (Å²) >= 11 is 0. The van der Waals surface area contributed by atoms with Gasteiger partial charge in [-0.15, -0.1) is 0 Å². The molecule has 0 saturated carbocycles. The molecule has 0 aliphatic carbocycles. The smallest absolute Gasteiger partial charge is 0.343 e. The van der Waals surface area contributed by atoms with Gasteiger partial charge in [0.05, 0.1) is 11.3 Å². The Balaban J connectivity index is 1.86. The quantitative estimate of drug-likeness (QED) is 0.205. The zero-order chi connectivity index (χ0) is 19.9. The molecule has 0 radical (unpaired) electrons. The maximum Gasteiger partial charge on any atom is 0.343 e. The van der Waals surface area contributed by atoms with E-state index < -0.39 is 52.4 Å². The fraction of sp³-hybridized carbons (Fsp3) is 0.0556. The number of rotatable bonds is 3. The van der Waals surface area contributed by atoms with Crippen molar-refractivity contribution in [1.82, 2.24) is 0 Å². The number of ether oxygens (including phenoxy) is 1. The van der Waals surface area contributed by atoms with Crippen molar-refractivity contribution in [2.75, 3.05) is 4.90 Å². The van der Waals surface area contributed by atoms with E-state index in [1.54, 1.807) is 0 Å². The van der Waals surface area contributed by atoms with E-state index in [1.165, 1.54) is 12.1 Å². The van der Waals surface area contributed by atoms with E-state index in [9.17, 15) is 31.9 Å². The number of halogens is 4. The monoisotopic (exact) mass is 379 g/mol. The molecule has 0 aromatic heterocycles. The SMILES string of the molecule is Cc1c(F)c(F)c(F)c(OC(=O)c2ccc(N3C(=O)C=CC3=O)cc2)c1F. The third-order valence-electron chi connectivity index (χ3n) is 3.81. The van der Waals surface area contributed by atoms with Gasteiger partial charge in [-0.2, -0.15) is 4.39 Å². The maximum atomic E-state index is 13.9. The zero-order valence-electron chi connectivity index (χ0n) is 13.6. The van der Waals surface area contributed by atoms with Crippen LogP contribution in [0.15, 0.2) is 36.4 Å². The second kappa shape index (κ2) is 6.67. The van der Waals surface area contributed by atoms with Crippen LogP contribution < -0.4 is 9.64 Å². The Morgan fingerprint density at radius 3 is 1.96 bits per heavy atom. The molecule has 0 fully saturated rings. The minimum Gasteiger partial charge on any atom is -0.416 e. The molecule has 2 amide bonds. The van der Waals surface area contributed by atoms with Crippen LogP contribution in [0.2, 0.25) is 0 Å². The van der Waals surface area contributed by atoms with Gasteiger partial charge < -0.3 is 4.74 Å². The summed E-state index contributed by atoms with van der Waals surface area (Å²) in [5.41, 5.74) is -0.884. The highest BCUT2D eigenvalue weighted by molar-refractivity contribution is 6.28. The number of carbonyl (C=O) groups excluding carboxylic acids is 3. The molecule has 0 saturated heterocycles. The summed E-state index contributed by atoms with van der Waals surface area (Å²) in [4.78, 5) is 36.1. The average Bonchev–Trinajstić information content (AvgIpc) is 3.00. The molecule has 0 spiro atoms. The number of anilines is 1. The number of benzene rings is 2. The summed E-state index contributed by atoms with van der Waals surface area (Å²) in [6.07, 6.45) is 2.14. The van der Waals surface area contributed by atoms with Gasteiger partial charge in [-0.1, -0.05) is 0 Å². The van der Waals surface area contributed by atoms with Crippen LogP contribution >= 0.6 is 0 Å². The first-order chi connectivity index (χ1) is 12.7. The van der Waals surface area contributed by atoms with Crippen molar-refractivity contribution >= 4 is 23.5 Å². The van der Waals surface area contributed by atoms with Crippen LogP contribution in [0.1, 0.15) is 15.9 Å². The lowest BCUT2D eigenvalue weighted by Crippen LogP contribution is -2.29. The van der Waals surface area contributed by atoms with E-state index in [1.807, 2.05) is 0 Å². The van der Waals surface area contributed by atoms with Crippen molar-refractivity contribution in [1.29, 1.82) is 0 Å². The van der Waals surface area contributed by atoms with Crippen molar-refractivity contribution in [3.05, 3.63) is 70.8 Å². The molecular formula is C18H9F4NO4. The van der Waals surface area contributed by atoms with Crippen LogP contribution in [0.4, 0.5) is 23.2 Å². The number of esters is 1. The summed E-state index contributed by atoms with van der Waals surface area (Å²) in [5, 5.41) is 0. The summed E-state index contributed by atoms with van der Waals surface area (Å²) in [6, 6.07) is 4.75. The molecule has 27 heavy (non-hydrogen) atoms. The van der Waals surface area contributed by atoms with E-state index in [4.69, 9.17) is 0 Å². The number of nitrogens with zero attached hydrogens (tertiary/aromatic N) is 1. The second-order valence-corrected chi connectivity index (χ2v) is 5.49. The molecule has 1 aliphatic heterocycles. The number of carbonyl (C=O) groups is 3. The molecule has 0 atom stereocenters. The minimum atomic E-state index is -1.97. The highest BCUT2D eigenvalue weighted by Gasteiger charge is 2.27. The first-order valence-electron chi connectivity index (χ1n) is 7.43. The van der Waals surface area contributed by atoms with Crippen LogP contribution in [0.3, 0.4) is 0 Å². The Labute approximate surface area is 149 Å². The Morgan fingerprint density at radius 2 is 1.41 bits per heavy atom. The van der Waals surface area contributed by atoms with Crippen LogP contribution in [0.25, 0.3) is 0 Å². The fourth-order valence-electron chi connectivity index (χ4n) is 2.37. The van der Waals surface area contributed by atoms with Crippen molar-refractivity contribution in [2.45, 2.75) is 6.92 Å². The van der Waals surface area contributed by atoms with Gasteiger partial charge in [0.15, 0.2) is 17.5 Å². The number of hydrogen-bond acceptors (Lipinski definition) is 4. The largest absolute Gasteiger partial charge is 0.416 e. The molecular weight excluding hydrogens is 370 g/mol. The maximum absolute atomic E-state index is 13.9. The van der Waals surface area contributed by atoms with Crippen LogP contribution in [0.5, 0.6) is 5.75 Å². The Hall–Kier alpha value is -3.49. The van der Waals surface area contributed by atoms with E-state index in [0.29, 0.717) is 0 Å². The number of hydrogen-bond donors (Lipinski definition) is 0. The van der Waals surface area contributed by atoms with Crippen molar-refractivity contribution < 1.29 is 36.7 Å². The Kier molecular flexibility index (Phi) is 4.52. The van der Waals surface area contributed by atoms with E-state index in [2.05, 4.69) is 4.74 Å². The summed E-state index contributed by atoms with van der Waals surface area (Å²) in [6.45, 7) is 0.859. The third-order valence-corrected chi connectivity index (χ3v) is 3.81. The number of amides is 2.